The molecule has 4 rings (SSSR count). The van der Waals surface area contributed by atoms with Gasteiger partial charge in [0.15, 0.2) is 0 Å². The molecule has 1 N–H and O–H groups in total. The van der Waals surface area contributed by atoms with E-state index < -0.39 is 4.92 Å². The average molecular weight is 460 g/mol. The first kappa shape index (κ1) is 21.3. The fraction of sp³-hybridized carbons (Fsp3) is 0.238. The molecule has 10 heteroatoms. The van der Waals surface area contributed by atoms with Crippen LogP contribution in [0.5, 0.6) is 0 Å². The molecule has 1 amide bonds. The highest BCUT2D eigenvalue weighted by Crippen LogP contribution is 2.33. The molecule has 0 radical (unpaired) electrons. The van der Waals surface area contributed by atoms with Gasteiger partial charge in [-0.3, -0.25) is 24.8 Å². The molecule has 1 aliphatic rings. The van der Waals surface area contributed by atoms with E-state index in [0.717, 1.165) is 11.1 Å². The predicted octanol–water partition coefficient (Wildman–Crippen LogP) is 4.21. The van der Waals surface area contributed by atoms with Gasteiger partial charge in [-0.2, -0.15) is 0 Å². The summed E-state index contributed by atoms with van der Waals surface area (Å²) >= 11 is 12.1. The zero-order chi connectivity index (χ0) is 22.0. The molecular weight excluding hydrogens is 441 g/mol. The van der Waals surface area contributed by atoms with E-state index in [4.69, 9.17) is 23.2 Å². The Balaban J connectivity index is 1.41. The van der Waals surface area contributed by atoms with Crippen LogP contribution in [0.4, 0.5) is 17.1 Å². The smallest absolute Gasteiger partial charge is 0.278 e. The van der Waals surface area contributed by atoms with Gasteiger partial charge in [0.25, 0.3) is 5.69 Å². The molecular formula is C21H19Cl2N5O3. The topological polar surface area (TPSA) is 91.6 Å². The highest BCUT2D eigenvalue weighted by molar-refractivity contribution is 6.35. The minimum atomic E-state index is -0.392. The van der Waals surface area contributed by atoms with Crippen molar-refractivity contribution in [2.45, 2.75) is 0 Å². The van der Waals surface area contributed by atoms with Crippen molar-refractivity contribution in [1.82, 2.24) is 9.88 Å². The van der Waals surface area contributed by atoms with Gasteiger partial charge in [0, 0.05) is 60.7 Å². The number of benzene rings is 2. The lowest BCUT2D eigenvalue weighted by molar-refractivity contribution is -0.383. The molecule has 2 heterocycles. The molecule has 1 aliphatic heterocycles. The Morgan fingerprint density at radius 2 is 1.87 bits per heavy atom. The Kier molecular flexibility index (Phi) is 6.22. The minimum Gasteiger partial charge on any atom is -0.368 e. The molecule has 3 aromatic rings. The van der Waals surface area contributed by atoms with Crippen molar-refractivity contribution in [1.29, 1.82) is 0 Å². The number of aromatic nitrogens is 1. The monoisotopic (exact) mass is 459 g/mol. The molecule has 1 saturated heterocycles. The van der Waals surface area contributed by atoms with Gasteiger partial charge < -0.3 is 10.2 Å². The highest BCUT2D eigenvalue weighted by Gasteiger charge is 2.23. The number of nitro groups is 1. The lowest BCUT2D eigenvalue weighted by Crippen LogP contribution is -2.48. The van der Waals surface area contributed by atoms with Crippen LogP contribution < -0.4 is 10.2 Å². The Morgan fingerprint density at radius 1 is 1.10 bits per heavy atom. The second-order valence-electron chi connectivity index (χ2n) is 7.22. The molecule has 0 aliphatic carbocycles. The Labute approximate surface area is 188 Å². The second kappa shape index (κ2) is 9.05. The number of nitrogens with zero attached hydrogens (tertiary/aromatic N) is 4. The van der Waals surface area contributed by atoms with Crippen LogP contribution in [0.15, 0.2) is 48.8 Å². The van der Waals surface area contributed by atoms with E-state index in [0.29, 0.717) is 47.3 Å². The number of hydrogen-bond donors (Lipinski definition) is 1. The van der Waals surface area contributed by atoms with E-state index in [-0.39, 0.29) is 18.1 Å². The van der Waals surface area contributed by atoms with Crippen LogP contribution in [-0.2, 0) is 4.79 Å². The Morgan fingerprint density at radius 3 is 2.61 bits per heavy atom. The highest BCUT2D eigenvalue weighted by atomic mass is 35.5. The largest absolute Gasteiger partial charge is 0.368 e. The average Bonchev–Trinajstić information content (AvgIpc) is 2.76. The zero-order valence-electron chi connectivity index (χ0n) is 16.4. The van der Waals surface area contributed by atoms with Gasteiger partial charge in [-0.1, -0.05) is 23.2 Å². The molecule has 1 fully saturated rings. The fourth-order valence-corrected chi connectivity index (χ4v) is 4.06. The maximum absolute atomic E-state index is 12.4. The molecule has 1 aromatic heterocycles. The van der Waals surface area contributed by atoms with E-state index in [1.807, 2.05) is 0 Å². The maximum atomic E-state index is 12.4. The van der Waals surface area contributed by atoms with Crippen LogP contribution in [0, 0.1) is 10.1 Å². The molecule has 0 atom stereocenters. The standard InChI is InChI=1S/C21H19Cl2N5O3/c22-14-1-2-17(23)18(11-14)25-21(29)13-26-7-9-27(10-8-26)19-3-4-20(28(30)31)16-12-24-6-5-15(16)19/h1-6,11-12H,7-10,13H2,(H,25,29). The van der Waals surface area contributed by atoms with Crippen LogP contribution in [0.1, 0.15) is 0 Å². The number of amides is 1. The first-order valence-electron chi connectivity index (χ1n) is 9.65. The summed E-state index contributed by atoms with van der Waals surface area (Å²) in [5.41, 5.74) is 1.46. The van der Waals surface area contributed by atoms with Crippen molar-refractivity contribution in [2.75, 3.05) is 42.9 Å². The number of piperazine rings is 1. The van der Waals surface area contributed by atoms with Crippen molar-refractivity contribution in [3.05, 3.63) is 69.0 Å². The molecule has 160 valence electrons. The van der Waals surface area contributed by atoms with Gasteiger partial charge in [-0.15, -0.1) is 0 Å². The van der Waals surface area contributed by atoms with Crippen LogP contribution in [0.25, 0.3) is 10.8 Å². The van der Waals surface area contributed by atoms with Crippen molar-refractivity contribution in [3.8, 4) is 0 Å². The summed E-state index contributed by atoms with van der Waals surface area (Å²) in [6, 6.07) is 10.0. The number of anilines is 2. The van der Waals surface area contributed by atoms with Crippen LogP contribution in [-0.4, -0.2) is 53.4 Å². The third-order valence-corrected chi connectivity index (χ3v) is 5.82. The normalized spacial score (nSPS) is 14.6. The summed E-state index contributed by atoms with van der Waals surface area (Å²) in [5, 5.41) is 16.4. The first-order chi connectivity index (χ1) is 14.9. The number of nitro benzene ring substituents is 1. The summed E-state index contributed by atoms with van der Waals surface area (Å²) in [6.45, 7) is 2.99. The predicted molar refractivity (Wildman–Crippen MR) is 122 cm³/mol. The molecule has 0 unspecified atom stereocenters. The first-order valence-corrected chi connectivity index (χ1v) is 10.4. The van der Waals surface area contributed by atoms with E-state index in [9.17, 15) is 14.9 Å². The molecule has 0 spiro atoms. The van der Waals surface area contributed by atoms with Crippen molar-refractivity contribution in [2.24, 2.45) is 0 Å². The van der Waals surface area contributed by atoms with Gasteiger partial charge in [-0.25, -0.2) is 0 Å². The Hall–Kier alpha value is -2.94. The van der Waals surface area contributed by atoms with Gasteiger partial charge >= 0.3 is 0 Å². The van der Waals surface area contributed by atoms with Crippen LogP contribution in [0.3, 0.4) is 0 Å². The molecule has 0 saturated carbocycles. The zero-order valence-corrected chi connectivity index (χ0v) is 17.9. The van der Waals surface area contributed by atoms with Gasteiger partial charge in [0.1, 0.15) is 0 Å². The lowest BCUT2D eigenvalue weighted by atomic mass is 10.1. The number of pyridine rings is 1. The quantitative estimate of drug-likeness (QED) is 0.453. The van der Waals surface area contributed by atoms with Crippen molar-refractivity contribution < 1.29 is 9.72 Å². The summed E-state index contributed by atoms with van der Waals surface area (Å²) < 4.78 is 0. The SMILES string of the molecule is O=C(CN1CCN(c2ccc([N+](=O)[O-])c3cnccc23)CC1)Nc1cc(Cl)ccc1Cl. The molecule has 2 aromatic carbocycles. The van der Waals surface area contributed by atoms with E-state index >= 15 is 0 Å². The van der Waals surface area contributed by atoms with E-state index in [1.54, 1.807) is 36.5 Å². The third kappa shape index (κ3) is 4.71. The summed E-state index contributed by atoms with van der Waals surface area (Å²) in [6.07, 6.45) is 3.16. The number of carbonyl (C=O) groups is 1. The Bertz CT molecular complexity index is 1150. The van der Waals surface area contributed by atoms with Crippen LogP contribution >= 0.6 is 23.2 Å². The summed E-state index contributed by atoms with van der Waals surface area (Å²) in [5.74, 6) is -0.163. The summed E-state index contributed by atoms with van der Waals surface area (Å²) in [4.78, 5) is 31.6. The van der Waals surface area contributed by atoms with Gasteiger partial charge in [0.2, 0.25) is 5.91 Å². The molecule has 8 nitrogen and oxygen atoms in total. The second-order valence-corrected chi connectivity index (χ2v) is 8.06. The van der Waals surface area contributed by atoms with E-state index in [1.165, 1.54) is 12.3 Å². The van der Waals surface area contributed by atoms with Crippen LogP contribution in [0.2, 0.25) is 10.0 Å². The number of rotatable bonds is 5. The number of nitrogens with one attached hydrogen (secondary N) is 1. The third-order valence-electron chi connectivity index (χ3n) is 5.25. The summed E-state index contributed by atoms with van der Waals surface area (Å²) in [7, 11) is 0. The number of carbonyl (C=O) groups excluding carboxylic acids is 1. The van der Waals surface area contributed by atoms with Gasteiger partial charge in [-0.05, 0) is 30.3 Å². The van der Waals surface area contributed by atoms with Gasteiger partial charge in [0.05, 0.1) is 27.6 Å². The fourth-order valence-electron chi connectivity index (χ4n) is 3.73. The van der Waals surface area contributed by atoms with Crippen molar-refractivity contribution in [3.63, 3.8) is 0 Å². The minimum absolute atomic E-state index is 0.0434. The molecule has 0 bridgehead atoms. The lowest BCUT2D eigenvalue weighted by Gasteiger charge is -2.36. The number of hydrogen-bond acceptors (Lipinski definition) is 6. The van der Waals surface area contributed by atoms with E-state index in [2.05, 4.69) is 20.1 Å². The number of fused-ring (bicyclic) bond motifs is 1. The number of halogens is 2. The van der Waals surface area contributed by atoms with Crippen molar-refractivity contribution >= 4 is 56.9 Å². The number of non-ortho nitro benzene ring substituents is 1. The maximum Gasteiger partial charge on any atom is 0.278 e. The molecule has 31 heavy (non-hydrogen) atoms.